The number of aromatic nitrogens is 3. The first-order chi connectivity index (χ1) is 9.28. The highest BCUT2D eigenvalue weighted by Gasteiger charge is 2.27. The normalized spacial score (nSPS) is 18.7. The van der Waals surface area contributed by atoms with Crippen molar-refractivity contribution >= 4 is 11.9 Å². The first-order valence-electron chi connectivity index (χ1n) is 6.42. The molecule has 1 atom stereocenters. The molecule has 1 aliphatic rings. The van der Waals surface area contributed by atoms with Gasteiger partial charge in [-0.25, -0.2) is 5.84 Å². The molecule has 1 fully saturated rings. The molecule has 0 spiro atoms. The standard InChI is InChI=1S/C11H20N6O2/c1-19-11-14-9(16-12)13-10(15-11)17-6-2-4-8(17)5-3-7-18/h8,18H,2-7,12H2,1H3,(H,13,14,15,16). The Morgan fingerprint density at radius 2 is 2.32 bits per heavy atom. The SMILES string of the molecule is COc1nc(NN)nc(N2CCCC2CCCO)n1. The summed E-state index contributed by atoms with van der Waals surface area (Å²) in [5.41, 5.74) is 2.41. The summed E-state index contributed by atoms with van der Waals surface area (Å²) in [5.74, 6) is 6.20. The van der Waals surface area contributed by atoms with Crippen LogP contribution in [-0.4, -0.2) is 46.4 Å². The number of nitrogens with two attached hydrogens (primary N) is 1. The van der Waals surface area contributed by atoms with E-state index >= 15 is 0 Å². The predicted molar refractivity (Wildman–Crippen MR) is 70.9 cm³/mol. The number of nitrogens with one attached hydrogen (secondary N) is 1. The number of hydrogen-bond donors (Lipinski definition) is 3. The van der Waals surface area contributed by atoms with Crippen LogP contribution in [0.2, 0.25) is 0 Å². The maximum absolute atomic E-state index is 8.94. The van der Waals surface area contributed by atoms with Crippen LogP contribution in [0.3, 0.4) is 0 Å². The first-order valence-corrected chi connectivity index (χ1v) is 6.42. The fraction of sp³-hybridized carbons (Fsp3) is 0.727. The van der Waals surface area contributed by atoms with Crippen LogP contribution < -0.4 is 20.9 Å². The molecule has 0 bridgehead atoms. The van der Waals surface area contributed by atoms with E-state index < -0.39 is 0 Å². The fourth-order valence-corrected chi connectivity index (χ4v) is 2.36. The van der Waals surface area contributed by atoms with Crippen LogP contribution in [0.1, 0.15) is 25.7 Å². The number of nitrogen functional groups attached to an aromatic ring is 1. The Balaban J connectivity index is 2.19. The molecule has 0 radical (unpaired) electrons. The highest BCUT2D eigenvalue weighted by atomic mass is 16.5. The van der Waals surface area contributed by atoms with E-state index in [0.717, 1.165) is 32.2 Å². The van der Waals surface area contributed by atoms with E-state index in [9.17, 15) is 0 Å². The molecule has 1 aliphatic heterocycles. The van der Waals surface area contributed by atoms with Gasteiger partial charge < -0.3 is 14.7 Å². The van der Waals surface area contributed by atoms with Gasteiger partial charge in [0.25, 0.3) is 0 Å². The van der Waals surface area contributed by atoms with Crippen molar-refractivity contribution < 1.29 is 9.84 Å². The molecule has 2 heterocycles. The van der Waals surface area contributed by atoms with Crippen LogP contribution in [-0.2, 0) is 0 Å². The number of methoxy groups -OCH3 is 1. The van der Waals surface area contributed by atoms with Crippen molar-refractivity contribution in [3.63, 3.8) is 0 Å². The van der Waals surface area contributed by atoms with E-state index in [2.05, 4.69) is 25.3 Å². The molecular formula is C11H20N6O2. The second kappa shape index (κ2) is 6.48. The van der Waals surface area contributed by atoms with Crippen LogP contribution >= 0.6 is 0 Å². The van der Waals surface area contributed by atoms with Gasteiger partial charge in [0, 0.05) is 19.2 Å². The molecule has 1 aromatic rings. The summed E-state index contributed by atoms with van der Waals surface area (Å²) in [6.45, 7) is 1.10. The highest BCUT2D eigenvalue weighted by molar-refractivity contribution is 5.39. The number of hydrogen-bond acceptors (Lipinski definition) is 8. The average molecular weight is 268 g/mol. The summed E-state index contributed by atoms with van der Waals surface area (Å²) >= 11 is 0. The molecular weight excluding hydrogens is 248 g/mol. The van der Waals surface area contributed by atoms with Crippen molar-refractivity contribution in [2.75, 3.05) is 30.6 Å². The monoisotopic (exact) mass is 268 g/mol. The number of rotatable bonds is 6. The molecule has 4 N–H and O–H groups in total. The Morgan fingerprint density at radius 3 is 3.00 bits per heavy atom. The van der Waals surface area contributed by atoms with E-state index in [-0.39, 0.29) is 18.6 Å². The molecule has 1 unspecified atom stereocenters. The number of anilines is 2. The summed E-state index contributed by atoms with van der Waals surface area (Å²) in [5, 5.41) is 8.94. The van der Waals surface area contributed by atoms with Gasteiger partial charge in [-0.3, -0.25) is 5.43 Å². The lowest BCUT2D eigenvalue weighted by Gasteiger charge is -2.24. The minimum Gasteiger partial charge on any atom is -0.467 e. The Kier molecular flexibility index (Phi) is 4.69. The van der Waals surface area contributed by atoms with Crippen molar-refractivity contribution in [1.82, 2.24) is 15.0 Å². The van der Waals surface area contributed by atoms with E-state index in [1.807, 2.05) is 0 Å². The molecule has 0 aromatic carbocycles. The molecule has 8 heteroatoms. The highest BCUT2D eigenvalue weighted by Crippen LogP contribution is 2.26. The van der Waals surface area contributed by atoms with Crippen LogP contribution in [0.4, 0.5) is 11.9 Å². The second-order valence-corrected chi connectivity index (χ2v) is 4.45. The van der Waals surface area contributed by atoms with Gasteiger partial charge in [-0.1, -0.05) is 0 Å². The molecule has 0 aliphatic carbocycles. The van der Waals surface area contributed by atoms with Crippen molar-refractivity contribution in [3.8, 4) is 6.01 Å². The van der Waals surface area contributed by atoms with E-state index in [0.29, 0.717) is 12.0 Å². The third kappa shape index (κ3) is 3.21. The third-order valence-electron chi connectivity index (χ3n) is 3.24. The van der Waals surface area contributed by atoms with Gasteiger partial charge in [0.1, 0.15) is 0 Å². The van der Waals surface area contributed by atoms with Crippen molar-refractivity contribution in [1.29, 1.82) is 0 Å². The maximum atomic E-state index is 8.94. The van der Waals surface area contributed by atoms with Crippen LogP contribution in [0.15, 0.2) is 0 Å². The lowest BCUT2D eigenvalue weighted by molar-refractivity contribution is 0.279. The summed E-state index contributed by atoms with van der Waals surface area (Å²) in [6, 6.07) is 0.593. The molecule has 1 aromatic heterocycles. The predicted octanol–water partition coefficient (Wildman–Crippen LogP) is -0.0929. The average Bonchev–Trinajstić information content (AvgIpc) is 2.92. The lowest BCUT2D eigenvalue weighted by Crippen LogP contribution is -2.31. The summed E-state index contributed by atoms with van der Waals surface area (Å²) < 4.78 is 5.05. The maximum Gasteiger partial charge on any atom is 0.322 e. The van der Waals surface area contributed by atoms with Gasteiger partial charge >= 0.3 is 6.01 Å². The van der Waals surface area contributed by atoms with Crippen LogP contribution in [0.5, 0.6) is 6.01 Å². The smallest absolute Gasteiger partial charge is 0.322 e. The number of aliphatic hydroxyl groups excluding tert-OH is 1. The van der Waals surface area contributed by atoms with Gasteiger partial charge in [-0.2, -0.15) is 15.0 Å². The number of hydrazine groups is 1. The largest absolute Gasteiger partial charge is 0.467 e. The van der Waals surface area contributed by atoms with E-state index in [4.69, 9.17) is 15.7 Å². The third-order valence-corrected chi connectivity index (χ3v) is 3.24. The molecule has 1 saturated heterocycles. The van der Waals surface area contributed by atoms with Gasteiger partial charge in [0.15, 0.2) is 0 Å². The summed E-state index contributed by atoms with van der Waals surface area (Å²) in [4.78, 5) is 14.6. The van der Waals surface area contributed by atoms with Gasteiger partial charge in [0.05, 0.1) is 7.11 Å². The number of nitrogens with zero attached hydrogens (tertiary/aromatic N) is 4. The molecule has 106 valence electrons. The van der Waals surface area contributed by atoms with Crippen molar-refractivity contribution in [3.05, 3.63) is 0 Å². The Bertz CT molecular complexity index is 394. The second-order valence-electron chi connectivity index (χ2n) is 4.45. The van der Waals surface area contributed by atoms with Crippen molar-refractivity contribution in [2.24, 2.45) is 5.84 Å². The minimum absolute atomic E-state index is 0.209. The Morgan fingerprint density at radius 1 is 1.47 bits per heavy atom. The zero-order valence-electron chi connectivity index (χ0n) is 11.0. The molecule has 8 nitrogen and oxygen atoms in total. The zero-order chi connectivity index (χ0) is 13.7. The summed E-state index contributed by atoms with van der Waals surface area (Å²) in [6.07, 6.45) is 3.89. The summed E-state index contributed by atoms with van der Waals surface area (Å²) in [7, 11) is 1.51. The van der Waals surface area contributed by atoms with Crippen LogP contribution in [0.25, 0.3) is 0 Å². The van der Waals surface area contributed by atoms with E-state index in [1.54, 1.807) is 0 Å². The van der Waals surface area contributed by atoms with Crippen LogP contribution in [0, 0.1) is 0 Å². The number of aliphatic hydroxyl groups is 1. The van der Waals surface area contributed by atoms with Gasteiger partial charge in [0.2, 0.25) is 11.9 Å². The molecule has 0 saturated carbocycles. The first kappa shape index (κ1) is 13.8. The quantitative estimate of drug-likeness (QED) is 0.485. The Hall–Kier alpha value is -1.67. The minimum atomic E-state index is 0.209. The van der Waals surface area contributed by atoms with E-state index in [1.165, 1.54) is 7.11 Å². The Labute approximate surface area is 112 Å². The van der Waals surface area contributed by atoms with Crippen molar-refractivity contribution in [2.45, 2.75) is 31.7 Å². The number of ether oxygens (including phenoxy) is 1. The van der Waals surface area contributed by atoms with Gasteiger partial charge in [-0.15, -0.1) is 0 Å². The molecule has 19 heavy (non-hydrogen) atoms. The topological polar surface area (TPSA) is 109 Å². The molecule has 0 amide bonds. The lowest BCUT2D eigenvalue weighted by atomic mass is 10.1. The van der Waals surface area contributed by atoms with Gasteiger partial charge in [-0.05, 0) is 25.7 Å². The zero-order valence-corrected chi connectivity index (χ0v) is 11.0. The molecule has 2 rings (SSSR count). The fourth-order valence-electron chi connectivity index (χ4n) is 2.36.